The van der Waals surface area contributed by atoms with Gasteiger partial charge in [-0.05, 0) is 26.7 Å². The fraction of sp³-hybridized carbons (Fsp3) is 0.833. The van der Waals surface area contributed by atoms with Crippen molar-refractivity contribution in [1.29, 1.82) is 0 Å². The van der Waals surface area contributed by atoms with E-state index < -0.39 is 30.1 Å². The maximum absolute atomic E-state index is 12.6. The lowest BCUT2D eigenvalue weighted by atomic mass is 9.79. The van der Waals surface area contributed by atoms with Gasteiger partial charge in [-0.1, -0.05) is 19.0 Å². The van der Waals surface area contributed by atoms with Gasteiger partial charge in [-0.25, -0.2) is 0 Å². The summed E-state index contributed by atoms with van der Waals surface area (Å²) in [6.07, 6.45) is -4.20. The first kappa shape index (κ1) is 18.5. The smallest absolute Gasteiger partial charge is 0.406 e. The summed E-state index contributed by atoms with van der Waals surface area (Å²) in [6.45, 7) is 4.86. The van der Waals surface area contributed by atoms with Crippen LogP contribution in [-0.2, 0) is 4.79 Å². The third-order valence-electron chi connectivity index (χ3n) is 3.45. The highest BCUT2D eigenvalue weighted by molar-refractivity contribution is 6.06. The molecule has 0 saturated carbocycles. The Morgan fingerprint density at radius 1 is 1.30 bits per heavy atom. The topological polar surface area (TPSA) is 78.9 Å². The first-order valence-electron chi connectivity index (χ1n) is 6.41. The number of oxime groups is 1. The zero-order valence-corrected chi connectivity index (χ0v) is 12.2. The standard InChI is InChI=1S/C12H22F3N3O2/c1-5-11(6-2,9(16)17-20)10(19)18(8(3)4)7-12(13,14)15/h8,20H,5-7H2,1-4H3,(H2,16,17). The Kier molecular flexibility index (Phi) is 6.31. The number of rotatable bonds is 6. The molecule has 0 bridgehead atoms. The van der Waals surface area contributed by atoms with E-state index in [0.29, 0.717) is 4.90 Å². The molecule has 0 rings (SSSR count). The first-order valence-corrected chi connectivity index (χ1v) is 6.41. The SMILES string of the molecule is CCC(CC)(C(=O)N(CC(F)(F)F)C(C)C)C(N)=NO. The zero-order chi connectivity index (χ0) is 16.1. The van der Waals surface area contributed by atoms with Crippen molar-refractivity contribution in [3.05, 3.63) is 0 Å². The van der Waals surface area contributed by atoms with Gasteiger partial charge in [-0.3, -0.25) is 4.79 Å². The van der Waals surface area contributed by atoms with Crippen LogP contribution in [0.25, 0.3) is 0 Å². The molecule has 118 valence electrons. The van der Waals surface area contributed by atoms with Crippen LogP contribution >= 0.6 is 0 Å². The second kappa shape index (κ2) is 6.81. The largest absolute Gasteiger partial charge is 0.409 e. The number of nitrogens with two attached hydrogens (primary N) is 1. The molecule has 0 radical (unpaired) electrons. The summed E-state index contributed by atoms with van der Waals surface area (Å²) in [5, 5.41) is 11.6. The van der Waals surface area contributed by atoms with Crippen LogP contribution in [0.2, 0.25) is 0 Å². The van der Waals surface area contributed by atoms with Crippen LogP contribution in [0.3, 0.4) is 0 Å². The number of halogens is 3. The number of alkyl halides is 3. The molecule has 5 nitrogen and oxygen atoms in total. The van der Waals surface area contributed by atoms with E-state index in [0.717, 1.165) is 0 Å². The number of hydrogen-bond donors (Lipinski definition) is 2. The van der Waals surface area contributed by atoms with Crippen molar-refractivity contribution in [3.8, 4) is 0 Å². The molecule has 3 N–H and O–H groups in total. The quantitative estimate of drug-likeness (QED) is 0.342. The molecule has 0 heterocycles. The molecule has 0 saturated heterocycles. The van der Waals surface area contributed by atoms with Crippen molar-refractivity contribution in [1.82, 2.24) is 4.90 Å². The van der Waals surface area contributed by atoms with Crippen LogP contribution < -0.4 is 5.73 Å². The fourth-order valence-corrected chi connectivity index (χ4v) is 2.08. The Balaban J connectivity index is 5.61. The van der Waals surface area contributed by atoms with E-state index in [2.05, 4.69) is 5.16 Å². The molecule has 0 aliphatic rings. The van der Waals surface area contributed by atoms with E-state index in [9.17, 15) is 18.0 Å². The van der Waals surface area contributed by atoms with E-state index in [4.69, 9.17) is 10.9 Å². The van der Waals surface area contributed by atoms with Gasteiger partial charge in [0.25, 0.3) is 0 Å². The van der Waals surface area contributed by atoms with Gasteiger partial charge in [-0.2, -0.15) is 13.2 Å². The number of carbonyl (C=O) groups excluding carboxylic acids is 1. The van der Waals surface area contributed by atoms with Crippen molar-refractivity contribution in [2.45, 2.75) is 52.8 Å². The van der Waals surface area contributed by atoms with Crippen molar-refractivity contribution in [3.63, 3.8) is 0 Å². The van der Waals surface area contributed by atoms with Crippen LogP contribution in [-0.4, -0.2) is 40.6 Å². The molecule has 0 aliphatic carbocycles. The van der Waals surface area contributed by atoms with Gasteiger partial charge in [-0.15, -0.1) is 0 Å². The van der Waals surface area contributed by atoms with Crippen LogP contribution in [0, 0.1) is 5.41 Å². The van der Waals surface area contributed by atoms with E-state index >= 15 is 0 Å². The molecule has 0 aliphatic heterocycles. The van der Waals surface area contributed by atoms with Crippen LogP contribution in [0.15, 0.2) is 5.16 Å². The zero-order valence-electron chi connectivity index (χ0n) is 12.2. The molecule has 0 aromatic heterocycles. The Labute approximate surface area is 116 Å². The summed E-state index contributed by atoms with van der Waals surface area (Å²) < 4.78 is 37.8. The van der Waals surface area contributed by atoms with Gasteiger partial charge in [0.2, 0.25) is 5.91 Å². The van der Waals surface area contributed by atoms with Crippen LogP contribution in [0.5, 0.6) is 0 Å². The second-order valence-corrected chi connectivity index (χ2v) is 4.92. The predicted octanol–water partition coefficient (Wildman–Crippen LogP) is 2.34. The van der Waals surface area contributed by atoms with E-state index in [1.807, 2.05) is 0 Å². The van der Waals surface area contributed by atoms with Gasteiger partial charge < -0.3 is 15.8 Å². The minimum Gasteiger partial charge on any atom is -0.409 e. The fourth-order valence-electron chi connectivity index (χ4n) is 2.08. The lowest BCUT2D eigenvalue weighted by Gasteiger charge is -2.37. The minimum atomic E-state index is -4.50. The van der Waals surface area contributed by atoms with E-state index in [1.54, 1.807) is 13.8 Å². The van der Waals surface area contributed by atoms with E-state index in [1.165, 1.54) is 13.8 Å². The normalized spacial score (nSPS) is 13.7. The minimum absolute atomic E-state index is 0.152. The molecule has 0 aromatic rings. The number of amidine groups is 1. The molecule has 0 aromatic carbocycles. The molecule has 20 heavy (non-hydrogen) atoms. The predicted molar refractivity (Wildman–Crippen MR) is 69.3 cm³/mol. The highest BCUT2D eigenvalue weighted by atomic mass is 19.4. The number of carbonyl (C=O) groups is 1. The van der Waals surface area contributed by atoms with Gasteiger partial charge in [0, 0.05) is 6.04 Å². The first-order chi connectivity index (χ1) is 9.05. The second-order valence-electron chi connectivity index (χ2n) is 4.92. The monoisotopic (exact) mass is 297 g/mol. The van der Waals surface area contributed by atoms with Crippen molar-refractivity contribution in [2.75, 3.05) is 6.54 Å². The Hall–Kier alpha value is -1.47. The number of nitrogens with zero attached hydrogens (tertiary/aromatic N) is 2. The Morgan fingerprint density at radius 3 is 2.00 bits per heavy atom. The molecule has 1 amide bonds. The average Bonchev–Trinajstić information content (AvgIpc) is 2.36. The molecular formula is C12H22F3N3O2. The van der Waals surface area contributed by atoms with Gasteiger partial charge in [0.1, 0.15) is 12.0 Å². The third-order valence-corrected chi connectivity index (χ3v) is 3.45. The third kappa shape index (κ3) is 4.01. The molecule has 0 atom stereocenters. The maximum atomic E-state index is 12.6. The molecular weight excluding hydrogens is 275 g/mol. The van der Waals surface area contributed by atoms with Crippen LogP contribution in [0.4, 0.5) is 13.2 Å². The summed E-state index contributed by atoms with van der Waals surface area (Å²) >= 11 is 0. The average molecular weight is 297 g/mol. The van der Waals surface area contributed by atoms with Crippen molar-refractivity contribution < 1.29 is 23.2 Å². The summed E-state index contributed by atoms with van der Waals surface area (Å²) in [6, 6.07) is -0.645. The van der Waals surface area contributed by atoms with Gasteiger partial charge in [0.05, 0.1) is 0 Å². The van der Waals surface area contributed by atoms with Gasteiger partial charge >= 0.3 is 6.18 Å². The molecule has 0 fully saturated rings. The number of amides is 1. The highest BCUT2D eigenvalue weighted by Gasteiger charge is 2.46. The summed E-state index contributed by atoms with van der Waals surface area (Å²) in [4.78, 5) is 13.2. The summed E-state index contributed by atoms with van der Waals surface area (Å²) in [7, 11) is 0. The molecule has 0 spiro atoms. The Bertz CT molecular complexity index is 363. The lowest BCUT2D eigenvalue weighted by Crippen LogP contribution is -2.55. The summed E-state index contributed by atoms with van der Waals surface area (Å²) in [5.74, 6) is -1.13. The highest BCUT2D eigenvalue weighted by Crippen LogP contribution is 2.32. The van der Waals surface area contributed by atoms with Crippen molar-refractivity contribution in [2.24, 2.45) is 16.3 Å². The summed E-state index contributed by atoms with van der Waals surface area (Å²) in [5.41, 5.74) is 4.13. The molecule has 8 heteroatoms. The van der Waals surface area contributed by atoms with E-state index in [-0.39, 0.29) is 18.7 Å². The lowest BCUT2D eigenvalue weighted by molar-refractivity contribution is -0.169. The van der Waals surface area contributed by atoms with Gasteiger partial charge in [0.15, 0.2) is 5.84 Å². The Morgan fingerprint density at radius 2 is 1.75 bits per heavy atom. The van der Waals surface area contributed by atoms with Crippen LogP contribution in [0.1, 0.15) is 40.5 Å². The van der Waals surface area contributed by atoms with Crippen molar-refractivity contribution >= 4 is 11.7 Å². The maximum Gasteiger partial charge on any atom is 0.406 e. The molecule has 0 unspecified atom stereocenters. The number of hydrogen-bond acceptors (Lipinski definition) is 3.